The van der Waals surface area contributed by atoms with Crippen molar-refractivity contribution in [3.05, 3.63) is 42.0 Å². The molecule has 1 aromatic rings. The second-order valence-corrected chi connectivity index (χ2v) is 8.48. The van der Waals surface area contributed by atoms with Crippen molar-refractivity contribution >= 4 is 41.8 Å². The van der Waals surface area contributed by atoms with E-state index in [1.54, 1.807) is 0 Å². The minimum Gasteiger partial charge on any atom is -0.493 e. The van der Waals surface area contributed by atoms with E-state index in [4.69, 9.17) is 4.74 Å². The fourth-order valence-corrected chi connectivity index (χ4v) is 4.97. The summed E-state index contributed by atoms with van der Waals surface area (Å²) in [6, 6.07) is 7.97. The highest BCUT2D eigenvalue weighted by molar-refractivity contribution is 14.0. The summed E-state index contributed by atoms with van der Waals surface area (Å²) in [7, 11) is 0. The third-order valence-corrected chi connectivity index (χ3v) is 6.46. The summed E-state index contributed by atoms with van der Waals surface area (Å²) in [5.41, 5.74) is 1.12. The van der Waals surface area contributed by atoms with E-state index >= 15 is 0 Å². The number of nitrogens with one attached hydrogen (secondary N) is 2. The number of hydrogen-bond acceptors (Lipinski definition) is 4. The van der Waals surface area contributed by atoms with E-state index < -0.39 is 0 Å². The quantitative estimate of drug-likeness (QED) is 0.123. The van der Waals surface area contributed by atoms with E-state index in [9.17, 15) is 9.59 Å². The number of fused-ring (bicyclic) bond motifs is 5. The number of hydrogen-bond donors (Lipinski definition) is 2. The van der Waals surface area contributed by atoms with Gasteiger partial charge in [-0.2, -0.15) is 0 Å². The Bertz CT molecular complexity index is 858. The number of aliphatic imine (C=N–C) groups is 1. The maximum Gasteiger partial charge on any atom is 0.233 e. The van der Waals surface area contributed by atoms with Crippen LogP contribution in [0, 0.1) is 30.6 Å². The Kier molecular flexibility index (Phi) is 8.56. The third-order valence-electron chi connectivity index (χ3n) is 6.46. The smallest absolute Gasteiger partial charge is 0.233 e. The van der Waals surface area contributed by atoms with Gasteiger partial charge in [0.1, 0.15) is 5.75 Å². The summed E-state index contributed by atoms with van der Waals surface area (Å²) in [6.07, 6.45) is 6.01. The predicted molar refractivity (Wildman–Crippen MR) is 135 cm³/mol. The molecule has 4 unspecified atom stereocenters. The van der Waals surface area contributed by atoms with Gasteiger partial charge in [0, 0.05) is 32.6 Å². The molecule has 174 valence electrons. The number of nitrogens with zero attached hydrogens (tertiary/aromatic N) is 2. The molecule has 1 heterocycles. The number of amides is 2. The van der Waals surface area contributed by atoms with Crippen LogP contribution >= 0.6 is 24.0 Å². The fraction of sp³-hybridized carbons (Fsp3) is 0.542. The lowest BCUT2D eigenvalue weighted by Crippen LogP contribution is -2.43. The van der Waals surface area contributed by atoms with E-state index in [2.05, 4.69) is 27.8 Å². The maximum absolute atomic E-state index is 12.8. The second kappa shape index (κ2) is 11.2. The molecule has 7 nitrogen and oxygen atoms in total. The van der Waals surface area contributed by atoms with Crippen molar-refractivity contribution in [3.63, 3.8) is 0 Å². The van der Waals surface area contributed by atoms with Crippen LogP contribution in [0.25, 0.3) is 0 Å². The van der Waals surface area contributed by atoms with Gasteiger partial charge in [0.05, 0.1) is 18.4 Å². The van der Waals surface area contributed by atoms with Gasteiger partial charge in [0.2, 0.25) is 11.8 Å². The first-order chi connectivity index (χ1) is 15.1. The molecule has 1 aromatic carbocycles. The lowest BCUT2D eigenvalue weighted by atomic mass is 9.85. The summed E-state index contributed by atoms with van der Waals surface area (Å²) in [5, 5.41) is 6.46. The van der Waals surface area contributed by atoms with Crippen LogP contribution in [0.1, 0.15) is 25.3 Å². The molecule has 0 radical (unpaired) electrons. The van der Waals surface area contributed by atoms with Gasteiger partial charge in [-0.05, 0) is 43.7 Å². The predicted octanol–water partition coefficient (Wildman–Crippen LogP) is 2.74. The molecule has 4 atom stereocenters. The Hall–Kier alpha value is -2.10. The van der Waals surface area contributed by atoms with Gasteiger partial charge >= 0.3 is 0 Å². The summed E-state index contributed by atoms with van der Waals surface area (Å²) < 4.78 is 5.81. The largest absolute Gasteiger partial charge is 0.493 e. The van der Waals surface area contributed by atoms with Crippen LogP contribution in [0.5, 0.6) is 5.75 Å². The molecule has 4 rings (SSSR count). The number of rotatable bonds is 9. The minimum absolute atomic E-state index is 0. The minimum atomic E-state index is -0.127. The summed E-state index contributed by atoms with van der Waals surface area (Å²) in [6.45, 7) is 6.88. The Morgan fingerprint density at radius 1 is 1.12 bits per heavy atom. The molecular formula is C24H33IN4O3. The summed E-state index contributed by atoms with van der Waals surface area (Å²) >= 11 is 0. The number of para-hydroxylation sites is 1. The Morgan fingerprint density at radius 3 is 2.47 bits per heavy atom. The maximum atomic E-state index is 12.8. The highest BCUT2D eigenvalue weighted by Crippen LogP contribution is 2.52. The molecule has 3 aliphatic rings. The molecule has 2 N–H and O–H groups in total. The molecule has 2 fully saturated rings. The van der Waals surface area contributed by atoms with Crippen LogP contribution < -0.4 is 15.4 Å². The van der Waals surface area contributed by atoms with Gasteiger partial charge in [-0.15, -0.1) is 24.0 Å². The Balaban J connectivity index is 0.00000289. The Labute approximate surface area is 207 Å². The first-order valence-electron chi connectivity index (χ1n) is 11.3. The number of imide groups is 1. The van der Waals surface area contributed by atoms with Crippen LogP contribution in [-0.2, 0) is 9.59 Å². The number of aryl methyl sites for hydroxylation is 1. The average Bonchev–Trinajstić information content (AvgIpc) is 3.44. The number of carbonyl (C=O) groups excluding carboxylic acids is 2. The van der Waals surface area contributed by atoms with Gasteiger partial charge in [-0.25, -0.2) is 0 Å². The van der Waals surface area contributed by atoms with E-state index in [0.29, 0.717) is 32.2 Å². The number of likely N-dealkylation sites (tertiary alicyclic amines) is 1. The van der Waals surface area contributed by atoms with Gasteiger partial charge in [-0.1, -0.05) is 30.4 Å². The lowest BCUT2D eigenvalue weighted by Gasteiger charge is -2.18. The molecule has 1 saturated heterocycles. The summed E-state index contributed by atoms with van der Waals surface area (Å²) in [4.78, 5) is 31.5. The molecule has 2 aliphatic carbocycles. The lowest BCUT2D eigenvalue weighted by molar-refractivity contribution is -0.140. The molecule has 0 aromatic heterocycles. The average molecular weight is 552 g/mol. The highest BCUT2D eigenvalue weighted by Gasteiger charge is 2.58. The van der Waals surface area contributed by atoms with Crippen LogP contribution in [0.15, 0.2) is 41.4 Å². The van der Waals surface area contributed by atoms with Crippen molar-refractivity contribution < 1.29 is 14.3 Å². The number of halogens is 1. The van der Waals surface area contributed by atoms with Crippen LogP contribution in [0.4, 0.5) is 0 Å². The molecule has 8 heteroatoms. The zero-order chi connectivity index (χ0) is 21.8. The van der Waals surface area contributed by atoms with Crippen molar-refractivity contribution in [2.75, 3.05) is 32.8 Å². The molecule has 2 bridgehead atoms. The van der Waals surface area contributed by atoms with Crippen molar-refractivity contribution in [2.24, 2.45) is 28.7 Å². The van der Waals surface area contributed by atoms with Crippen molar-refractivity contribution in [2.45, 2.75) is 26.7 Å². The van der Waals surface area contributed by atoms with E-state index in [-0.39, 0.29) is 59.5 Å². The van der Waals surface area contributed by atoms with Crippen molar-refractivity contribution in [1.29, 1.82) is 0 Å². The van der Waals surface area contributed by atoms with E-state index in [1.807, 2.05) is 38.1 Å². The molecule has 1 aliphatic heterocycles. The number of benzene rings is 1. The van der Waals surface area contributed by atoms with Crippen LogP contribution in [0.2, 0.25) is 0 Å². The standard InChI is InChI=1S/C24H32N4O3.HI/c1-3-25-24(26-11-6-14-31-19-8-5-4-7-16(19)2)27-12-13-28-22(29)20-17-9-10-18(15-17)21(20)23(28)30;/h4-5,7-10,17-18,20-21H,3,6,11-15H2,1-2H3,(H2,25,26,27);1H. The van der Waals surface area contributed by atoms with E-state index in [0.717, 1.165) is 30.7 Å². The molecule has 1 saturated carbocycles. The van der Waals surface area contributed by atoms with Gasteiger partial charge < -0.3 is 15.4 Å². The first-order valence-corrected chi connectivity index (χ1v) is 11.3. The molecular weight excluding hydrogens is 519 g/mol. The fourth-order valence-electron chi connectivity index (χ4n) is 4.97. The van der Waals surface area contributed by atoms with Gasteiger partial charge in [0.25, 0.3) is 0 Å². The topological polar surface area (TPSA) is 83.0 Å². The molecule has 32 heavy (non-hydrogen) atoms. The van der Waals surface area contributed by atoms with Crippen molar-refractivity contribution in [3.8, 4) is 5.75 Å². The Morgan fingerprint density at radius 2 is 1.81 bits per heavy atom. The molecule has 0 spiro atoms. The second-order valence-electron chi connectivity index (χ2n) is 8.48. The number of allylic oxidation sites excluding steroid dienone is 2. The zero-order valence-corrected chi connectivity index (χ0v) is 21.1. The first kappa shape index (κ1) is 24.5. The van der Waals surface area contributed by atoms with E-state index in [1.165, 1.54) is 4.90 Å². The monoisotopic (exact) mass is 552 g/mol. The normalized spacial score (nSPS) is 25.7. The summed E-state index contributed by atoms with van der Waals surface area (Å²) in [5.74, 6) is 1.86. The number of guanidine groups is 1. The van der Waals surface area contributed by atoms with Crippen molar-refractivity contribution in [1.82, 2.24) is 15.5 Å². The zero-order valence-electron chi connectivity index (χ0n) is 18.8. The van der Waals surface area contributed by atoms with Crippen LogP contribution in [-0.4, -0.2) is 55.5 Å². The number of carbonyl (C=O) groups is 2. The SMILES string of the molecule is CCNC(=NCCCOc1ccccc1C)NCCN1C(=O)C2C3C=CC(C3)C2C1=O.I. The molecule has 2 amide bonds. The third kappa shape index (κ3) is 5.10. The number of ether oxygens (including phenoxy) is 1. The highest BCUT2D eigenvalue weighted by atomic mass is 127. The van der Waals surface area contributed by atoms with Gasteiger partial charge in [0.15, 0.2) is 5.96 Å². The van der Waals surface area contributed by atoms with Crippen LogP contribution in [0.3, 0.4) is 0 Å². The van der Waals surface area contributed by atoms with Gasteiger partial charge in [-0.3, -0.25) is 19.5 Å².